The van der Waals surface area contributed by atoms with E-state index in [-0.39, 0.29) is 16.5 Å². The van der Waals surface area contributed by atoms with Gasteiger partial charge in [-0.2, -0.15) is 0 Å². The van der Waals surface area contributed by atoms with Gasteiger partial charge in [-0.15, -0.1) is 23.1 Å². The number of carbonyl (C=O) groups is 3. The first-order chi connectivity index (χ1) is 20.1. The van der Waals surface area contributed by atoms with Crippen molar-refractivity contribution in [3.8, 4) is 0 Å². The van der Waals surface area contributed by atoms with Crippen molar-refractivity contribution in [1.82, 2.24) is 5.32 Å². The zero-order valence-corrected chi connectivity index (χ0v) is 24.9. The third-order valence-electron chi connectivity index (χ3n) is 5.84. The first-order valence-electron chi connectivity index (χ1n) is 12.8. The molecule has 0 saturated heterocycles. The van der Waals surface area contributed by atoms with E-state index in [0.717, 1.165) is 9.77 Å². The van der Waals surface area contributed by atoms with Crippen molar-refractivity contribution in [3.63, 3.8) is 0 Å². The lowest BCUT2D eigenvalue weighted by atomic mass is 10.2. The highest BCUT2D eigenvalue weighted by molar-refractivity contribution is 8.00. The van der Waals surface area contributed by atoms with Gasteiger partial charge < -0.3 is 16.0 Å². The summed E-state index contributed by atoms with van der Waals surface area (Å²) in [5, 5.41) is 14.9. The van der Waals surface area contributed by atoms with Crippen molar-refractivity contribution in [2.45, 2.75) is 28.4 Å². The highest BCUT2D eigenvalue weighted by Crippen LogP contribution is 2.29. The van der Waals surface area contributed by atoms with Gasteiger partial charge in [0.15, 0.2) is 0 Å². The van der Waals surface area contributed by atoms with Crippen LogP contribution < -0.4 is 21.1 Å². The van der Waals surface area contributed by atoms with E-state index in [0.29, 0.717) is 23.4 Å². The summed E-state index contributed by atoms with van der Waals surface area (Å²) in [5.74, 6) is -1.17. The van der Waals surface area contributed by atoms with E-state index in [1.54, 1.807) is 54.6 Å². The minimum atomic E-state index is -3.83. The molecule has 3 amide bonds. The van der Waals surface area contributed by atoms with E-state index in [9.17, 15) is 22.8 Å². The molecule has 9 nitrogen and oxygen atoms in total. The second-order valence-electron chi connectivity index (χ2n) is 8.95. The van der Waals surface area contributed by atoms with E-state index in [1.807, 2.05) is 30.5 Å². The molecule has 0 fully saturated rings. The monoisotopic (exact) mass is 620 g/mol. The number of hydrogen-bond acceptors (Lipinski definition) is 7. The Balaban J connectivity index is 1.45. The van der Waals surface area contributed by atoms with Gasteiger partial charge in [0.25, 0.3) is 11.8 Å². The number of amides is 3. The molecule has 0 bridgehead atoms. The van der Waals surface area contributed by atoms with Crippen LogP contribution in [0.4, 0.5) is 11.4 Å². The second-order valence-corrected chi connectivity index (χ2v) is 12.8. The van der Waals surface area contributed by atoms with Crippen LogP contribution in [0.25, 0.3) is 6.08 Å². The summed E-state index contributed by atoms with van der Waals surface area (Å²) < 4.78 is 22.9. The molecule has 1 unspecified atom stereocenters. The van der Waals surface area contributed by atoms with Crippen molar-refractivity contribution in [3.05, 3.63) is 113 Å². The van der Waals surface area contributed by atoms with Crippen LogP contribution in [-0.2, 0) is 19.6 Å². The average molecular weight is 621 g/mol. The molecule has 12 heteroatoms. The molecule has 1 aromatic heterocycles. The van der Waals surface area contributed by atoms with Crippen LogP contribution in [0.5, 0.6) is 0 Å². The maximum atomic E-state index is 13.3. The summed E-state index contributed by atoms with van der Waals surface area (Å²) in [5.41, 5.74) is 1.44. The number of nitrogens with two attached hydrogens (primary N) is 1. The third-order valence-corrected chi connectivity index (χ3v) is 8.95. The van der Waals surface area contributed by atoms with Crippen LogP contribution >= 0.6 is 23.1 Å². The molecule has 0 aliphatic heterocycles. The van der Waals surface area contributed by atoms with Crippen LogP contribution in [0.1, 0.15) is 28.6 Å². The lowest BCUT2D eigenvalue weighted by Gasteiger charge is -2.16. The first-order valence-corrected chi connectivity index (χ1v) is 16.1. The van der Waals surface area contributed by atoms with Crippen molar-refractivity contribution < 1.29 is 22.8 Å². The van der Waals surface area contributed by atoms with E-state index in [1.165, 1.54) is 47.4 Å². The minimum absolute atomic E-state index is 0.0474. The van der Waals surface area contributed by atoms with Crippen molar-refractivity contribution in [2.24, 2.45) is 5.14 Å². The van der Waals surface area contributed by atoms with E-state index < -0.39 is 27.1 Å². The zero-order chi connectivity index (χ0) is 30.1. The fourth-order valence-corrected chi connectivity index (χ4v) is 5.93. The Morgan fingerprint density at radius 2 is 1.64 bits per heavy atom. The number of thioether (sulfide) groups is 1. The Bertz CT molecular complexity index is 1690. The molecule has 0 spiro atoms. The maximum Gasteiger partial charge on any atom is 0.272 e. The predicted molar refractivity (Wildman–Crippen MR) is 168 cm³/mol. The lowest BCUT2D eigenvalue weighted by molar-refractivity contribution is -0.116. The fourth-order valence-electron chi connectivity index (χ4n) is 3.74. The number of rotatable bonds is 11. The summed E-state index contributed by atoms with van der Waals surface area (Å²) in [6.07, 6.45) is 2.13. The first kappa shape index (κ1) is 30.7. The topological polar surface area (TPSA) is 147 Å². The van der Waals surface area contributed by atoms with Crippen LogP contribution in [0, 0.1) is 0 Å². The molecule has 4 aromatic rings. The third kappa shape index (κ3) is 8.63. The molecule has 0 aliphatic rings. The number of nitrogens with one attached hydrogen (secondary N) is 3. The van der Waals surface area contributed by atoms with Gasteiger partial charge in [0, 0.05) is 26.7 Å². The number of sulfonamides is 1. The van der Waals surface area contributed by atoms with Gasteiger partial charge in [0.1, 0.15) is 5.70 Å². The number of carbonyl (C=O) groups excluding carboxylic acids is 3. The van der Waals surface area contributed by atoms with Gasteiger partial charge in [-0.3, -0.25) is 14.4 Å². The van der Waals surface area contributed by atoms with Crippen molar-refractivity contribution in [2.75, 3.05) is 10.6 Å². The van der Waals surface area contributed by atoms with Crippen LogP contribution in [0.15, 0.2) is 112 Å². The summed E-state index contributed by atoms with van der Waals surface area (Å²) in [6.45, 7) is 1.88. The predicted octanol–water partition coefficient (Wildman–Crippen LogP) is 5.31. The molecule has 5 N–H and O–H groups in total. The highest BCUT2D eigenvalue weighted by atomic mass is 32.2. The lowest BCUT2D eigenvalue weighted by Crippen LogP contribution is -2.30. The average Bonchev–Trinajstić information content (AvgIpc) is 3.49. The molecule has 216 valence electrons. The van der Waals surface area contributed by atoms with Crippen LogP contribution in [0.2, 0.25) is 0 Å². The number of benzene rings is 3. The number of thiophene rings is 1. The Morgan fingerprint density at radius 1 is 0.905 bits per heavy atom. The van der Waals surface area contributed by atoms with Crippen LogP contribution in [-0.4, -0.2) is 31.4 Å². The molecule has 0 radical (unpaired) electrons. The smallest absolute Gasteiger partial charge is 0.272 e. The molecule has 42 heavy (non-hydrogen) atoms. The minimum Gasteiger partial charge on any atom is -0.325 e. The SMILES string of the molecule is CCC(Sc1cccc(NC(=O)/C(=C/c2cccs2)NC(=O)c2ccccc2)c1)C(=O)Nc1ccc(S(N)(=O)=O)cc1. The molecule has 1 heterocycles. The quantitative estimate of drug-likeness (QED) is 0.132. The number of anilines is 2. The van der Waals surface area contributed by atoms with Gasteiger partial charge >= 0.3 is 0 Å². The molecular formula is C30H28N4O5S3. The Kier molecular flexibility index (Phi) is 10.3. The second kappa shape index (κ2) is 14.1. The van der Waals surface area contributed by atoms with Crippen molar-refractivity contribution >= 4 is 68.3 Å². The standard InChI is InChI=1S/C30H28N4O5S3/c1-2-27(30(37)32-21-13-15-25(16-14-21)42(31,38)39)41-24-11-6-10-22(18-24)33-29(36)26(19-23-12-7-17-40-23)34-28(35)20-8-4-3-5-9-20/h3-19,27H,2H2,1H3,(H,32,37)(H,33,36)(H,34,35)(H2,31,38,39)/b26-19-. The van der Waals surface area contributed by atoms with E-state index >= 15 is 0 Å². The molecule has 4 rings (SSSR count). The highest BCUT2D eigenvalue weighted by Gasteiger charge is 2.20. The van der Waals surface area contributed by atoms with E-state index in [4.69, 9.17) is 5.14 Å². The fraction of sp³-hybridized carbons (Fsp3) is 0.100. The van der Waals surface area contributed by atoms with Gasteiger partial charge in [-0.25, -0.2) is 13.6 Å². The summed E-state index contributed by atoms with van der Waals surface area (Å²) in [4.78, 5) is 40.5. The van der Waals surface area contributed by atoms with Gasteiger partial charge in [0.2, 0.25) is 15.9 Å². The van der Waals surface area contributed by atoms with E-state index in [2.05, 4.69) is 16.0 Å². The van der Waals surface area contributed by atoms with Gasteiger partial charge in [-0.05, 0) is 78.5 Å². The Morgan fingerprint density at radius 3 is 2.29 bits per heavy atom. The van der Waals surface area contributed by atoms with Gasteiger partial charge in [-0.1, -0.05) is 37.3 Å². The van der Waals surface area contributed by atoms with Crippen molar-refractivity contribution in [1.29, 1.82) is 0 Å². The summed E-state index contributed by atoms with van der Waals surface area (Å²) in [6, 6.07) is 25.0. The largest absolute Gasteiger partial charge is 0.325 e. The normalized spacial score (nSPS) is 12.3. The molecule has 1 atom stereocenters. The zero-order valence-electron chi connectivity index (χ0n) is 22.4. The summed E-state index contributed by atoms with van der Waals surface area (Å²) in [7, 11) is -3.83. The molecule has 3 aromatic carbocycles. The number of primary sulfonamides is 1. The number of hydrogen-bond donors (Lipinski definition) is 4. The van der Waals surface area contributed by atoms with Gasteiger partial charge in [0.05, 0.1) is 10.1 Å². The Hall–Kier alpha value is -4.23. The maximum absolute atomic E-state index is 13.3. The van der Waals surface area contributed by atoms with Crippen LogP contribution in [0.3, 0.4) is 0 Å². The molecule has 0 aliphatic carbocycles. The molecule has 0 saturated carbocycles. The summed E-state index contributed by atoms with van der Waals surface area (Å²) >= 11 is 2.76. The Labute approximate surface area is 252 Å². The molecular weight excluding hydrogens is 593 g/mol.